The molecule has 0 fully saturated rings. The summed E-state index contributed by atoms with van der Waals surface area (Å²) >= 11 is 0. The van der Waals surface area contributed by atoms with Crippen molar-refractivity contribution >= 4 is 97.9 Å². The zero-order valence-corrected chi connectivity index (χ0v) is 27.8. The number of hydrogen-bond acceptors (Lipinski definition) is 3. The van der Waals surface area contributed by atoms with Crippen LogP contribution in [0.2, 0.25) is 0 Å². The maximum absolute atomic E-state index is 6.37. The summed E-state index contributed by atoms with van der Waals surface area (Å²) in [5.41, 5.74) is 5.98. The van der Waals surface area contributed by atoms with E-state index in [1.54, 1.807) is 0 Å². The lowest BCUT2D eigenvalue weighted by atomic mass is 9.91. The topological polar surface area (TPSA) is 43.9 Å². The van der Waals surface area contributed by atoms with E-state index in [4.69, 9.17) is 14.4 Å². The summed E-state index contributed by atoms with van der Waals surface area (Å²) in [6.07, 6.45) is 0. The molecule has 0 radical (unpaired) electrons. The average Bonchev–Trinajstić information content (AvgIpc) is 3.75. The first-order valence-corrected chi connectivity index (χ1v) is 17.7. The molecule has 9 aromatic carbocycles. The Morgan fingerprint density at radius 3 is 1.79 bits per heavy atom. The number of rotatable bonds is 2. The second-order valence-electron chi connectivity index (χ2n) is 13.7. The van der Waals surface area contributed by atoms with Crippen molar-refractivity contribution in [1.82, 2.24) is 14.5 Å². The lowest BCUT2D eigenvalue weighted by molar-refractivity contribution is 0.653. The summed E-state index contributed by atoms with van der Waals surface area (Å²) in [6.45, 7) is 0. The molecule has 0 unspecified atom stereocenters. The molecule has 0 N–H and O–H groups in total. The molecule has 12 aromatic rings. The molecule has 0 saturated carbocycles. The van der Waals surface area contributed by atoms with E-state index in [-0.39, 0.29) is 0 Å². The summed E-state index contributed by atoms with van der Waals surface area (Å²) in [6, 6.07) is 58.5. The summed E-state index contributed by atoms with van der Waals surface area (Å²) in [5.74, 6) is 0.772. The second kappa shape index (κ2) is 10.3. The van der Waals surface area contributed by atoms with Gasteiger partial charge in [0.15, 0.2) is 5.82 Å². The Labute approximate surface area is 296 Å². The summed E-state index contributed by atoms with van der Waals surface area (Å²) in [7, 11) is 0. The van der Waals surface area contributed by atoms with Crippen molar-refractivity contribution < 1.29 is 4.42 Å². The van der Waals surface area contributed by atoms with Crippen molar-refractivity contribution in [2.24, 2.45) is 0 Å². The molecule has 52 heavy (non-hydrogen) atoms. The van der Waals surface area contributed by atoms with Crippen LogP contribution in [0.25, 0.3) is 115 Å². The molecule has 4 heteroatoms. The molecule has 0 amide bonds. The standard InChI is InChI=1S/C48H27N3O/c1-2-13-30-27-31(22-21-28(30)11-1)45-47(49-46-38-19-9-10-20-41(38)52-48(46)50-45)51-39-25-23-29-12-3-4-14-32(29)43(39)44-40(51)26-24-37-35-17-6-5-15-33(35)34-16-7-8-18-36(34)42(37)44/h1-27H. The van der Waals surface area contributed by atoms with Crippen molar-refractivity contribution in [2.75, 3.05) is 0 Å². The predicted octanol–water partition coefficient (Wildman–Crippen LogP) is 12.9. The van der Waals surface area contributed by atoms with Crippen LogP contribution >= 0.6 is 0 Å². The molecule has 0 saturated heterocycles. The minimum atomic E-state index is 0.530. The van der Waals surface area contributed by atoms with Crippen LogP contribution in [0.1, 0.15) is 0 Å². The Balaban J connectivity index is 1.32. The first-order valence-electron chi connectivity index (χ1n) is 17.7. The monoisotopic (exact) mass is 661 g/mol. The van der Waals surface area contributed by atoms with Crippen LogP contribution < -0.4 is 0 Å². The fourth-order valence-corrected chi connectivity index (χ4v) is 8.69. The van der Waals surface area contributed by atoms with Gasteiger partial charge in [0.25, 0.3) is 0 Å². The van der Waals surface area contributed by atoms with E-state index in [0.29, 0.717) is 5.71 Å². The third-order valence-electron chi connectivity index (χ3n) is 11.0. The van der Waals surface area contributed by atoms with E-state index >= 15 is 0 Å². The highest BCUT2D eigenvalue weighted by atomic mass is 16.3. The molecular weight excluding hydrogens is 635 g/mol. The van der Waals surface area contributed by atoms with Gasteiger partial charge >= 0.3 is 0 Å². The van der Waals surface area contributed by atoms with Gasteiger partial charge in [0.1, 0.15) is 16.8 Å². The highest BCUT2D eigenvalue weighted by Crippen LogP contribution is 2.46. The Kier molecular flexibility index (Phi) is 5.47. The summed E-state index contributed by atoms with van der Waals surface area (Å²) < 4.78 is 8.72. The zero-order chi connectivity index (χ0) is 33.9. The van der Waals surface area contributed by atoms with Crippen molar-refractivity contribution in [3.8, 4) is 17.1 Å². The molecule has 0 aliphatic rings. The lowest BCUT2D eigenvalue weighted by Gasteiger charge is -2.14. The van der Waals surface area contributed by atoms with Gasteiger partial charge in [-0.1, -0.05) is 133 Å². The van der Waals surface area contributed by atoms with Gasteiger partial charge in [-0.2, -0.15) is 0 Å². The van der Waals surface area contributed by atoms with Crippen LogP contribution in [0.4, 0.5) is 0 Å². The van der Waals surface area contributed by atoms with Crippen molar-refractivity contribution in [3.63, 3.8) is 0 Å². The fraction of sp³-hybridized carbons (Fsp3) is 0. The Hall–Kier alpha value is -7.04. The number of fused-ring (bicyclic) bond motifs is 16. The number of aromatic nitrogens is 3. The number of nitrogens with zero attached hydrogens (tertiary/aromatic N) is 3. The van der Waals surface area contributed by atoms with E-state index in [1.165, 1.54) is 59.2 Å². The van der Waals surface area contributed by atoms with Gasteiger partial charge < -0.3 is 4.42 Å². The largest absolute Gasteiger partial charge is 0.436 e. The normalized spacial score (nSPS) is 12.2. The maximum Gasteiger partial charge on any atom is 0.247 e. The minimum absolute atomic E-state index is 0.530. The molecule has 0 aliphatic carbocycles. The van der Waals surface area contributed by atoms with E-state index in [1.807, 2.05) is 18.2 Å². The van der Waals surface area contributed by atoms with Crippen LogP contribution in [0.15, 0.2) is 168 Å². The molecule has 0 bridgehead atoms. The van der Waals surface area contributed by atoms with Crippen LogP contribution in [-0.2, 0) is 0 Å². The van der Waals surface area contributed by atoms with Gasteiger partial charge in [-0.05, 0) is 78.8 Å². The highest BCUT2D eigenvalue weighted by Gasteiger charge is 2.25. The number of para-hydroxylation sites is 1. The minimum Gasteiger partial charge on any atom is -0.436 e. The average molecular weight is 662 g/mol. The van der Waals surface area contributed by atoms with E-state index < -0.39 is 0 Å². The van der Waals surface area contributed by atoms with Crippen molar-refractivity contribution in [2.45, 2.75) is 0 Å². The van der Waals surface area contributed by atoms with Crippen LogP contribution in [-0.4, -0.2) is 14.5 Å². The van der Waals surface area contributed by atoms with Gasteiger partial charge in [-0.3, -0.25) is 4.57 Å². The van der Waals surface area contributed by atoms with Crippen molar-refractivity contribution in [1.29, 1.82) is 0 Å². The molecule has 240 valence electrons. The quantitative estimate of drug-likeness (QED) is 0.173. The lowest BCUT2D eigenvalue weighted by Crippen LogP contribution is -2.03. The van der Waals surface area contributed by atoms with Crippen LogP contribution in [0.5, 0.6) is 0 Å². The number of furan rings is 1. The Morgan fingerprint density at radius 2 is 0.981 bits per heavy atom. The Bertz CT molecular complexity index is 3440. The van der Waals surface area contributed by atoms with Crippen molar-refractivity contribution in [3.05, 3.63) is 164 Å². The molecular formula is C48H27N3O. The molecule has 0 aliphatic heterocycles. The van der Waals surface area contributed by atoms with Crippen LogP contribution in [0.3, 0.4) is 0 Å². The predicted molar refractivity (Wildman–Crippen MR) is 217 cm³/mol. The third kappa shape index (κ3) is 3.70. The molecule has 4 nitrogen and oxygen atoms in total. The zero-order valence-electron chi connectivity index (χ0n) is 27.8. The third-order valence-corrected chi connectivity index (χ3v) is 11.0. The van der Waals surface area contributed by atoms with Gasteiger partial charge in [0.2, 0.25) is 5.71 Å². The smallest absolute Gasteiger partial charge is 0.247 e. The second-order valence-corrected chi connectivity index (χ2v) is 13.7. The first-order chi connectivity index (χ1) is 25.8. The maximum atomic E-state index is 6.37. The summed E-state index contributed by atoms with van der Waals surface area (Å²) in [5, 5.41) is 15.6. The van der Waals surface area contributed by atoms with Gasteiger partial charge in [0.05, 0.1) is 11.0 Å². The van der Waals surface area contributed by atoms with E-state index in [2.05, 4.69) is 150 Å². The van der Waals surface area contributed by atoms with Gasteiger partial charge in [-0.25, -0.2) is 9.97 Å². The molecule has 12 rings (SSSR count). The number of benzene rings is 9. The van der Waals surface area contributed by atoms with Gasteiger partial charge in [0, 0.05) is 27.1 Å². The fourth-order valence-electron chi connectivity index (χ4n) is 8.69. The first kappa shape index (κ1) is 27.7. The van der Waals surface area contributed by atoms with Crippen LogP contribution in [0, 0.1) is 0 Å². The molecule has 3 heterocycles. The molecule has 0 atom stereocenters. The SMILES string of the molecule is c1ccc2cc(-c3nc4oc5ccccc5c4nc3-n3c4ccc5ccccc5c4c4c5c6ccccc6c6ccccc6c5ccc43)ccc2c1. The molecule has 0 spiro atoms. The van der Waals surface area contributed by atoms with E-state index in [9.17, 15) is 0 Å². The van der Waals surface area contributed by atoms with Gasteiger partial charge in [-0.15, -0.1) is 0 Å². The summed E-state index contributed by atoms with van der Waals surface area (Å²) in [4.78, 5) is 10.9. The highest BCUT2D eigenvalue weighted by molar-refractivity contribution is 6.37. The van der Waals surface area contributed by atoms with E-state index in [0.717, 1.165) is 50.0 Å². The number of hydrogen-bond donors (Lipinski definition) is 0. The molecule has 3 aromatic heterocycles. The Morgan fingerprint density at radius 1 is 0.404 bits per heavy atom.